The molecule has 1 saturated heterocycles. The first kappa shape index (κ1) is 13.3. The molecule has 0 unspecified atom stereocenters. The Balaban J connectivity index is 2.03. The third-order valence-corrected chi connectivity index (χ3v) is 3.90. The van der Waals surface area contributed by atoms with E-state index >= 15 is 0 Å². The van der Waals surface area contributed by atoms with E-state index in [1.54, 1.807) is 0 Å². The predicted molar refractivity (Wildman–Crippen MR) is 65.3 cm³/mol. The molecule has 20 heavy (non-hydrogen) atoms. The number of carbonyl (C=O) groups is 1. The molecule has 3 heterocycles. The molecule has 0 aromatic carbocycles. The molecule has 1 aromatic rings. The molecule has 0 saturated carbocycles. The molecule has 2 aliphatic heterocycles. The van der Waals surface area contributed by atoms with E-state index in [4.69, 9.17) is 4.52 Å². The van der Waals surface area contributed by atoms with E-state index in [0.717, 1.165) is 16.7 Å². The molecule has 108 valence electrons. The van der Waals surface area contributed by atoms with Gasteiger partial charge in [-0.25, -0.2) is 4.99 Å². The minimum Gasteiger partial charge on any atom is -0.360 e. The van der Waals surface area contributed by atoms with Gasteiger partial charge in [0.2, 0.25) is 0 Å². The number of amides is 1. The Hall–Kier alpha value is -1.71. The smallest absolute Gasteiger partial charge is 0.360 e. The molecule has 1 fully saturated rings. The molecule has 0 aliphatic carbocycles. The molecule has 2 aliphatic rings. The third-order valence-electron chi connectivity index (χ3n) is 2.94. The van der Waals surface area contributed by atoms with E-state index < -0.39 is 17.7 Å². The Morgan fingerprint density at radius 2 is 2.30 bits per heavy atom. The second-order valence-electron chi connectivity index (χ2n) is 4.36. The highest BCUT2D eigenvalue weighted by molar-refractivity contribution is 8.14. The minimum atomic E-state index is -4.88. The zero-order chi connectivity index (χ0) is 14.5. The van der Waals surface area contributed by atoms with Gasteiger partial charge in [-0.1, -0.05) is 16.9 Å². The summed E-state index contributed by atoms with van der Waals surface area (Å²) in [6.07, 6.45) is -4.88. The van der Waals surface area contributed by atoms with Gasteiger partial charge >= 0.3 is 11.8 Å². The van der Waals surface area contributed by atoms with Crippen LogP contribution in [0.3, 0.4) is 0 Å². The number of aliphatic imine (C=N–C) groups is 1. The van der Waals surface area contributed by atoms with Crippen molar-refractivity contribution in [3.63, 3.8) is 0 Å². The van der Waals surface area contributed by atoms with Gasteiger partial charge in [-0.2, -0.15) is 13.2 Å². The van der Waals surface area contributed by atoms with E-state index in [1.165, 1.54) is 13.0 Å². The Morgan fingerprint density at radius 1 is 1.55 bits per heavy atom. The zero-order valence-corrected chi connectivity index (χ0v) is 11.0. The standard InChI is InChI=1S/C10H9F3N4O2S/c1-5-4-6(16-19-5)14-9(10(11,12)13)7(18)17-2-3-20-8(17)15-9/h4H,2-3H2,1H3,(H,14,16)/t9-/m1/s1. The van der Waals surface area contributed by atoms with Crippen molar-refractivity contribution in [2.75, 3.05) is 17.6 Å². The molecule has 3 rings (SSSR count). The molecule has 0 spiro atoms. The average molecular weight is 306 g/mol. The lowest BCUT2D eigenvalue weighted by molar-refractivity contribution is -0.185. The summed E-state index contributed by atoms with van der Waals surface area (Å²) >= 11 is 1.12. The summed E-state index contributed by atoms with van der Waals surface area (Å²) in [6, 6.07) is 1.28. The van der Waals surface area contributed by atoms with Gasteiger partial charge < -0.3 is 9.84 Å². The number of alkyl halides is 3. The fourth-order valence-electron chi connectivity index (χ4n) is 2.02. The maximum Gasteiger partial charge on any atom is 0.442 e. The van der Waals surface area contributed by atoms with Gasteiger partial charge in [0, 0.05) is 18.4 Å². The van der Waals surface area contributed by atoms with Crippen LogP contribution in [0.1, 0.15) is 5.76 Å². The number of hydrogen-bond acceptors (Lipinski definition) is 6. The van der Waals surface area contributed by atoms with Crippen molar-refractivity contribution in [3.8, 4) is 0 Å². The first-order chi connectivity index (χ1) is 9.33. The minimum absolute atomic E-state index is 0.0834. The van der Waals surface area contributed by atoms with E-state index in [-0.39, 0.29) is 17.5 Å². The lowest BCUT2D eigenvalue weighted by atomic mass is 10.1. The van der Waals surface area contributed by atoms with Crippen molar-refractivity contribution in [3.05, 3.63) is 11.8 Å². The van der Waals surface area contributed by atoms with Crippen molar-refractivity contribution in [2.24, 2.45) is 4.99 Å². The summed E-state index contributed by atoms with van der Waals surface area (Å²) in [4.78, 5) is 16.7. The molecular weight excluding hydrogens is 297 g/mol. The Bertz CT molecular complexity index is 600. The summed E-state index contributed by atoms with van der Waals surface area (Å²) in [6.45, 7) is 1.76. The second kappa shape index (κ2) is 4.14. The van der Waals surface area contributed by atoms with Crippen LogP contribution < -0.4 is 5.32 Å². The Kier molecular flexibility index (Phi) is 2.75. The van der Waals surface area contributed by atoms with Crippen LogP contribution in [0.4, 0.5) is 19.0 Å². The van der Waals surface area contributed by atoms with Crippen molar-refractivity contribution >= 4 is 28.7 Å². The number of aryl methyl sites for hydroxylation is 1. The highest BCUT2D eigenvalue weighted by Gasteiger charge is 2.67. The SMILES string of the molecule is Cc1cc(N[C@@]2(C(F)(F)F)N=C3SCCN3C2=O)no1. The number of thioether (sulfide) groups is 1. The summed E-state index contributed by atoms with van der Waals surface area (Å²) in [5.74, 6) is -0.436. The highest BCUT2D eigenvalue weighted by Crippen LogP contribution is 2.42. The molecule has 1 aromatic heterocycles. The van der Waals surface area contributed by atoms with Crippen LogP contribution in [0.25, 0.3) is 0 Å². The first-order valence-electron chi connectivity index (χ1n) is 5.66. The van der Waals surface area contributed by atoms with Crippen LogP contribution in [-0.4, -0.2) is 45.3 Å². The third kappa shape index (κ3) is 1.78. The monoisotopic (exact) mass is 306 g/mol. The van der Waals surface area contributed by atoms with Gasteiger partial charge in [-0.15, -0.1) is 0 Å². The maximum atomic E-state index is 13.4. The van der Waals surface area contributed by atoms with Gasteiger partial charge in [0.1, 0.15) is 5.76 Å². The Morgan fingerprint density at radius 3 is 2.85 bits per heavy atom. The predicted octanol–water partition coefficient (Wildman–Crippen LogP) is 1.60. The average Bonchev–Trinajstić information content (AvgIpc) is 2.99. The van der Waals surface area contributed by atoms with Crippen LogP contribution in [-0.2, 0) is 4.79 Å². The van der Waals surface area contributed by atoms with Crippen molar-refractivity contribution in [1.29, 1.82) is 0 Å². The zero-order valence-electron chi connectivity index (χ0n) is 10.2. The lowest BCUT2D eigenvalue weighted by Crippen LogP contribution is -2.57. The number of amidine groups is 1. The second-order valence-corrected chi connectivity index (χ2v) is 5.42. The summed E-state index contributed by atoms with van der Waals surface area (Å²) in [5.41, 5.74) is -3.01. The topological polar surface area (TPSA) is 70.7 Å². The van der Waals surface area contributed by atoms with Crippen LogP contribution >= 0.6 is 11.8 Å². The van der Waals surface area contributed by atoms with Gasteiger partial charge in [0.15, 0.2) is 11.0 Å². The number of rotatable bonds is 2. The summed E-state index contributed by atoms with van der Waals surface area (Å²) in [7, 11) is 0. The molecule has 1 N–H and O–H groups in total. The molecule has 10 heteroatoms. The normalized spacial score (nSPS) is 25.9. The van der Waals surface area contributed by atoms with Gasteiger partial charge in [-0.05, 0) is 6.92 Å². The van der Waals surface area contributed by atoms with Crippen LogP contribution in [0.15, 0.2) is 15.6 Å². The van der Waals surface area contributed by atoms with E-state index in [0.29, 0.717) is 11.5 Å². The number of hydrogen-bond donors (Lipinski definition) is 1. The van der Waals surface area contributed by atoms with Gasteiger partial charge in [-0.3, -0.25) is 9.69 Å². The van der Waals surface area contributed by atoms with Crippen LogP contribution in [0, 0.1) is 6.92 Å². The largest absolute Gasteiger partial charge is 0.442 e. The molecule has 1 atom stereocenters. The maximum absolute atomic E-state index is 13.4. The summed E-state index contributed by atoms with van der Waals surface area (Å²) in [5, 5.41) is 5.59. The molecule has 0 bridgehead atoms. The van der Waals surface area contributed by atoms with E-state index in [1.807, 2.05) is 0 Å². The number of anilines is 1. The van der Waals surface area contributed by atoms with Crippen molar-refractivity contribution in [1.82, 2.24) is 10.1 Å². The molecule has 0 radical (unpaired) electrons. The van der Waals surface area contributed by atoms with Crippen molar-refractivity contribution in [2.45, 2.75) is 18.8 Å². The highest BCUT2D eigenvalue weighted by atomic mass is 32.2. The van der Waals surface area contributed by atoms with Crippen molar-refractivity contribution < 1.29 is 22.5 Å². The van der Waals surface area contributed by atoms with E-state index in [2.05, 4.69) is 15.5 Å². The number of carbonyl (C=O) groups excluding carboxylic acids is 1. The van der Waals surface area contributed by atoms with Crippen LogP contribution in [0.2, 0.25) is 0 Å². The number of halogens is 3. The summed E-state index contributed by atoms with van der Waals surface area (Å²) < 4.78 is 44.8. The molecule has 6 nitrogen and oxygen atoms in total. The quantitative estimate of drug-likeness (QED) is 0.898. The number of aromatic nitrogens is 1. The number of nitrogens with one attached hydrogen (secondary N) is 1. The number of fused-ring (bicyclic) bond motifs is 1. The van der Waals surface area contributed by atoms with Gasteiger partial charge in [0.25, 0.3) is 5.91 Å². The first-order valence-corrected chi connectivity index (χ1v) is 6.65. The fourth-order valence-corrected chi connectivity index (χ4v) is 3.00. The molecular formula is C10H9F3N4O2S. The van der Waals surface area contributed by atoms with E-state index in [9.17, 15) is 18.0 Å². The molecule has 1 amide bonds. The van der Waals surface area contributed by atoms with Gasteiger partial charge in [0.05, 0.1) is 0 Å². The lowest BCUT2D eigenvalue weighted by Gasteiger charge is -2.28. The van der Waals surface area contributed by atoms with Crippen LogP contribution in [0.5, 0.6) is 0 Å². The Labute approximate surface area is 115 Å². The number of nitrogens with zero attached hydrogens (tertiary/aromatic N) is 3. The fraction of sp³-hybridized carbons (Fsp3) is 0.500.